The van der Waals surface area contributed by atoms with Crippen LogP contribution in [-0.2, 0) is 12.6 Å². The van der Waals surface area contributed by atoms with Crippen molar-refractivity contribution in [1.82, 2.24) is 4.98 Å². The number of carbonyl (C=O) groups is 2. The first-order chi connectivity index (χ1) is 11.7. The molecule has 0 N–H and O–H groups in total. The molecule has 8 heteroatoms. The molecule has 0 saturated carbocycles. The SMILES string of the molecule is O=C1C=C(Cc2ccc(C(F)(F)F)cn2)C(=O)c2c1ccc(F)c2F. The van der Waals surface area contributed by atoms with Crippen LogP contribution in [0, 0.1) is 11.6 Å². The molecule has 3 rings (SSSR count). The molecule has 1 aliphatic rings. The van der Waals surface area contributed by atoms with E-state index in [0.29, 0.717) is 6.20 Å². The van der Waals surface area contributed by atoms with E-state index in [0.717, 1.165) is 30.3 Å². The molecule has 1 aromatic heterocycles. The largest absolute Gasteiger partial charge is 0.417 e. The van der Waals surface area contributed by atoms with Gasteiger partial charge in [0.05, 0.1) is 11.1 Å². The van der Waals surface area contributed by atoms with Crippen molar-refractivity contribution in [3.63, 3.8) is 0 Å². The number of rotatable bonds is 2. The lowest BCUT2D eigenvalue weighted by molar-refractivity contribution is -0.137. The quantitative estimate of drug-likeness (QED) is 0.769. The molecule has 0 unspecified atom stereocenters. The van der Waals surface area contributed by atoms with E-state index < -0.39 is 40.5 Å². The molecule has 25 heavy (non-hydrogen) atoms. The van der Waals surface area contributed by atoms with Gasteiger partial charge in [0.25, 0.3) is 0 Å². The number of benzene rings is 1. The molecular formula is C17H8F5NO2. The Hall–Kier alpha value is -2.90. The second-order valence-electron chi connectivity index (χ2n) is 5.36. The van der Waals surface area contributed by atoms with Crippen LogP contribution >= 0.6 is 0 Å². The van der Waals surface area contributed by atoms with Crippen molar-refractivity contribution in [2.75, 3.05) is 0 Å². The van der Waals surface area contributed by atoms with Gasteiger partial charge in [-0.25, -0.2) is 8.78 Å². The smallest absolute Gasteiger partial charge is 0.289 e. The molecule has 0 spiro atoms. The van der Waals surface area contributed by atoms with Gasteiger partial charge in [-0.3, -0.25) is 14.6 Å². The Kier molecular flexibility index (Phi) is 3.98. The zero-order valence-corrected chi connectivity index (χ0v) is 12.3. The number of ketones is 2. The average Bonchev–Trinajstić information content (AvgIpc) is 2.54. The van der Waals surface area contributed by atoms with E-state index in [1.165, 1.54) is 0 Å². The lowest BCUT2D eigenvalue weighted by Gasteiger charge is -2.16. The van der Waals surface area contributed by atoms with Crippen molar-refractivity contribution < 1.29 is 31.5 Å². The highest BCUT2D eigenvalue weighted by molar-refractivity contribution is 6.24. The highest BCUT2D eigenvalue weighted by Crippen LogP contribution is 2.30. The van der Waals surface area contributed by atoms with Crippen LogP contribution in [0.5, 0.6) is 0 Å². The molecule has 1 aliphatic carbocycles. The van der Waals surface area contributed by atoms with Gasteiger partial charge in [0, 0.05) is 29.4 Å². The van der Waals surface area contributed by atoms with E-state index in [4.69, 9.17) is 0 Å². The summed E-state index contributed by atoms with van der Waals surface area (Å²) >= 11 is 0. The maximum Gasteiger partial charge on any atom is 0.417 e. The predicted octanol–water partition coefficient (Wildman–Crippen LogP) is 3.93. The molecule has 1 heterocycles. The fourth-order valence-electron chi connectivity index (χ4n) is 2.46. The lowest BCUT2D eigenvalue weighted by Crippen LogP contribution is -2.21. The van der Waals surface area contributed by atoms with Crippen LogP contribution in [0.3, 0.4) is 0 Å². The number of alkyl halides is 3. The number of halogens is 5. The van der Waals surface area contributed by atoms with Gasteiger partial charge >= 0.3 is 6.18 Å². The number of nitrogens with zero attached hydrogens (tertiary/aromatic N) is 1. The van der Waals surface area contributed by atoms with E-state index in [1.54, 1.807) is 0 Å². The minimum Gasteiger partial charge on any atom is -0.289 e. The second-order valence-corrected chi connectivity index (χ2v) is 5.36. The molecule has 2 aromatic rings. The summed E-state index contributed by atoms with van der Waals surface area (Å²) in [6.07, 6.45) is -3.28. The standard InChI is InChI=1S/C17H8F5NO2/c18-12-4-3-11-13(24)6-8(16(25)14(11)15(12)19)5-10-2-1-9(7-23-10)17(20,21)22/h1-4,6-7H,5H2. The number of fused-ring (bicyclic) bond motifs is 1. The second kappa shape index (κ2) is 5.87. The summed E-state index contributed by atoms with van der Waals surface area (Å²) in [6.45, 7) is 0. The number of carbonyl (C=O) groups excluding carboxylic acids is 2. The third-order valence-electron chi connectivity index (χ3n) is 3.71. The first-order valence-electron chi connectivity index (χ1n) is 6.98. The van der Waals surface area contributed by atoms with E-state index in [-0.39, 0.29) is 23.3 Å². The Bertz CT molecular complexity index is 914. The molecule has 0 amide bonds. The summed E-state index contributed by atoms with van der Waals surface area (Å²) in [5.41, 5.74) is -1.98. The third kappa shape index (κ3) is 3.07. The molecule has 0 fully saturated rings. The normalized spacial score (nSPS) is 14.4. The summed E-state index contributed by atoms with van der Waals surface area (Å²) in [5, 5.41) is 0. The number of pyridine rings is 1. The fourth-order valence-corrected chi connectivity index (χ4v) is 2.46. The lowest BCUT2D eigenvalue weighted by atomic mass is 9.87. The summed E-state index contributed by atoms with van der Waals surface area (Å²) in [7, 11) is 0. The predicted molar refractivity (Wildman–Crippen MR) is 76.0 cm³/mol. The van der Waals surface area contributed by atoms with Gasteiger partial charge in [-0.1, -0.05) is 0 Å². The third-order valence-corrected chi connectivity index (χ3v) is 3.71. The van der Waals surface area contributed by atoms with Crippen LogP contribution in [0.25, 0.3) is 0 Å². The van der Waals surface area contributed by atoms with Crippen molar-refractivity contribution in [3.8, 4) is 0 Å². The van der Waals surface area contributed by atoms with Crippen LogP contribution in [0.4, 0.5) is 22.0 Å². The van der Waals surface area contributed by atoms with Crippen molar-refractivity contribution in [2.45, 2.75) is 12.6 Å². The molecule has 0 radical (unpaired) electrons. The van der Waals surface area contributed by atoms with Crippen molar-refractivity contribution >= 4 is 11.6 Å². The highest BCUT2D eigenvalue weighted by atomic mass is 19.4. The number of hydrogen-bond donors (Lipinski definition) is 0. The zero-order valence-electron chi connectivity index (χ0n) is 12.3. The molecule has 0 aliphatic heterocycles. The van der Waals surface area contributed by atoms with Gasteiger partial charge in [0.15, 0.2) is 23.2 Å². The fraction of sp³-hybridized carbons (Fsp3) is 0.118. The van der Waals surface area contributed by atoms with Gasteiger partial charge in [0.2, 0.25) is 0 Å². The monoisotopic (exact) mass is 353 g/mol. The van der Waals surface area contributed by atoms with Crippen molar-refractivity contribution in [1.29, 1.82) is 0 Å². The van der Waals surface area contributed by atoms with Crippen molar-refractivity contribution in [3.05, 3.63) is 76.1 Å². The zero-order chi connectivity index (χ0) is 18.4. The van der Waals surface area contributed by atoms with E-state index >= 15 is 0 Å². The molecule has 128 valence electrons. The topological polar surface area (TPSA) is 47.0 Å². The van der Waals surface area contributed by atoms with Gasteiger partial charge in [0.1, 0.15) is 0 Å². The minimum absolute atomic E-state index is 0.0839. The Morgan fingerprint density at radius 3 is 2.32 bits per heavy atom. The Labute approximate surface area is 137 Å². The van der Waals surface area contributed by atoms with Crippen LogP contribution in [0.15, 0.2) is 42.1 Å². The summed E-state index contributed by atoms with van der Waals surface area (Å²) in [4.78, 5) is 27.9. The molecule has 0 atom stereocenters. The maximum atomic E-state index is 13.9. The van der Waals surface area contributed by atoms with Gasteiger partial charge in [-0.05, 0) is 30.3 Å². The van der Waals surface area contributed by atoms with Crippen molar-refractivity contribution in [2.24, 2.45) is 0 Å². The van der Waals surface area contributed by atoms with Crippen LogP contribution in [-0.4, -0.2) is 16.6 Å². The Morgan fingerprint density at radius 2 is 1.72 bits per heavy atom. The highest BCUT2D eigenvalue weighted by Gasteiger charge is 2.32. The number of hydrogen-bond acceptors (Lipinski definition) is 3. The van der Waals surface area contributed by atoms with Gasteiger partial charge in [-0.15, -0.1) is 0 Å². The van der Waals surface area contributed by atoms with E-state index in [1.807, 2.05) is 0 Å². The first-order valence-corrected chi connectivity index (χ1v) is 6.98. The number of allylic oxidation sites excluding steroid dienone is 2. The average molecular weight is 353 g/mol. The minimum atomic E-state index is -4.55. The maximum absolute atomic E-state index is 13.9. The van der Waals surface area contributed by atoms with Crippen LogP contribution in [0.2, 0.25) is 0 Å². The summed E-state index contributed by atoms with van der Waals surface area (Å²) in [5.74, 6) is -4.28. The molecule has 0 bridgehead atoms. The summed E-state index contributed by atoms with van der Waals surface area (Å²) in [6, 6.07) is 3.60. The van der Waals surface area contributed by atoms with Crippen LogP contribution < -0.4 is 0 Å². The first kappa shape index (κ1) is 16.9. The molecule has 1 aromatic carbocycles. The summed E-state index contributed by atoms with van der Waals surface area (Å²) < 4.78 is 64.8. The Balaban J connectivity index is 1.93. The van der Waals surface area contributed by atoms with Gasteiger partial charge in [-0.2, -0.15) is 13.2 Å². The van der Waals surface area contributed by atoms with Gasteiger partial charge < -0.3 is 0 Å². The van der Waals surface area contributed by atoms with E-state index in [2.05, 4.69) is 4.98 Å². The number of aromatic nitrogens is 1. The van der Waals surface area contributed by atoms with E-state index in [9.17, 15) is 31.5 Å². The molecule has 0 saturated heterocycles. The Morgan fingerprint density at radius 1 is 1.00 bits per heavy atom. The van der Waals surface area contributed by atoms with Crippen LogP contribution in [0.1, 0.15) is 32.0 Å². The molecule has 3 nitrogen and oxygen atoms in total. The molecular weight excluding hydrogens is 345 g/mol. The number of Topliss-reactive ketones (excluding diaryl/α,β-unsaturated/α-hetero) is 1.